The maximum Gasteiger partial charge on any atom is 0.177 e. The smallest absolute Gasteiger partial charge is 0.177 e. The van der Waals surface area contributed by atoms with Crippen molar-refractivity contribution in [1.82, 2.24) is 19.9 Å². The van der Waals surface area contributed by atoms with Crippen LogP contribution in [0.4, 0.5) is 0 Å². The van der Waals surface area contributed by atoms with Gasteiger partial charge in [0, 0.05) is 11.1 Å². The fourth-order valence-corrected chi connectivity index (χ4v) is 2.73. The predicted octanol–water partition coefficient (Wildman–Crippen LogP) is 2.70. The second-order valence-electron chi connectivity index (χ2n) is 5.83. The first-order valence-corrected chi connectivity index (χ1v) is 7.98. The summed E-state index contributed by atoms with van der Waals surface area (Å²) in [4.78, 5) is 16.5. The van der Waals surface area contributed by atoms with Gasteiger partial charge in [-0.3, -0.25) is 0 Å². The molecule has 130 valence electrons. The van der Waals surface area contributed by atoms with Crippen LogP contribution >= 0.6 is 0 Å². The van der Waals surface area contributed by atoms with Gasteiger partial charge in [0.2, 0.25) is 0 Å². The Morgan fingerprint density at radius 3 is 1.29 bits per heavy atom. The number of benzene rings is 1. The minimum atomic E-state index is -0.0299. The summed E-state index contributed by atoms with van der Waals surface area (Å²) in [5, 5.41) is 36.3. The lowest BCUT2D eigenvalue weighted by Crippen LogP contribution is -2.00. The highest BCUT2D eigenvalue weighted by atomic mass is 14.8. The minimum Gasteiger partial charge on any atom is -0.240 e. The van der Waals surface area contributed by atoms with Crippen LogP contribution in [0.1, 0.15) is 33.9 Å². The molecular weight excluding hydrogens is 352 g/mol. The van der Waals surface area contributed by atoms with Crippen LogP contribution in [0.15, 0.2) is 24.5 Å². The molecule has 3 aromatic rings. The normalized spacial score (nSPS) is 9.64. The Kier molecular flexibility index (Phi) is 4.73. The average molecular weight is 362 g/mol. The molecular formula is C20H10N8. The number of hydrogen-bond donors (Lipinski definition) is 0. The van der Waals surface area contributed by atoms with Gasteiger partial charge in [0.1, 0.15) is 24.3 Å². The van der Waals surface area contributed by atoms with Gasteiger partial charge in [0.15, 0.2) is 22.8 Å². The third-order valence-corrected chi connectivity index (χ3v) is 4.09. The van der Waals surface area contributed by atoms with Crippen molar-refractivity contribution in [2.75, 3.05) is 0 Å². The van der Waals surface area contributed by atoms with Crippen LogP contribution in [-0.2, 0) is 0 Å². The summed E-state index contributed by atoms with van der Waals surface area (Å²) in [5.41, 5.74) is 4.06. The van der Waals surface area contributed by atoms with Gasteiger partial charge < -0.3 is 0 Å². The van der Waals surface area contributed by atoms with Gasteiger partial charge in [-0.25, -0.2) is 19.9 Å². The molecule has 2 heterocycles. The fraction of sp³-hybridized carbons (Fsp3) is 0.100. The van der Waals surface area contributed by atoms with Crippen LogP contribution < -0.4 is 0 Å². The first-order chi connectivity index (χ1) is 13.5. The Morgan fingerprint density at radius 1 is 0.607 bits per heavy atom. The molecule has 0 aliphatic carbocycles. The predicted molar refractivity (Wildman–Crippen MR) is 96.8 cm³/mol. The highest BCUT2D eigenvalue weighted by molar-refractivity contribution is 5.73. The van der Waals surface area contributed by atoms with Gasteiger partial charge in [0.05, 0.1) is 23.8 Å². The zero-order valence-electron chi connectivity index (χ0n) is 14.9. The van der Waals surface area contributed by atoms with Gasteiger partial charge in [-0.15, -0.1) is 0 Å². The molecule has 0 aliphatic heterocycles. The molecule has 8 nitrogen and oxygen atoms in total. The first-order valence-electron chi connectivity index (χ1n) is 7.98. The van der Waals surface area contributed by atoms with E-state index >= 15 is 0 Å². The lowest BCUT2D eigenvalue weighted by Gasteiger charge is -2.12. The second-order valence-corrected chi connectivity index (χ2v) is 5.83. The maximum absolute atomic E-state index is 9.16. The van der Waals surface area contributed by atoms with Crippen LogP contribution in [0.5, 0.6) is 0 Å². The molecule has 28 heavy (non-hydrogen) atoms. The average Bonchev–Trinajstić information content (AvgIpc) is 2.73. The van der Waals surface area contributed by atoms with E-state index in [1.165, 1.54) is 12.4 Å². The van der Waals surface area contributed by atoms with E-state index < -0.39 is 0 Å². The van der Waals surface area contributed by atoms with Crippen molar-refractivity contribution in [3.8, 4) is 46.8 Å². The minimum absolute atomic E-state index is 0.0193. The summed E-state index contributed by atoms with van der Waals surface area (Å²) in [6, 6.07) is 11.2. The van der Waals surface area contributed by atoms with Gasteiger partial charge in [-0.2, -0.15) is 21.0 Å². The molecule has 0 saturated carbocycles. The Morgan fingerprint density at radius 2 is 0.964 bits per heavy atom. The van der Waals surface area contributed by atoms with Crippen molar-refractivity contribution in [3.05, 3.63) is 58.4 Å². The third-order valence-electron chi connectivity index (χ3n) is 4.09. The number of aromatic nitrogens is 4. The summed E-state index contributed by atoms with van der Waals surface area (Å²) < 4.78 is 0. The van der Waals surface area contributed by atoms with Crippen LogP contribution in [0.3, 0.4) is 0 Å². The second kappa shape index (κ2) is 7.30. The number of nitrogens with zero attached hydrogens (tertiary/aromatic N) is 8. The van der Waals surface area contributed by atoms with E-state index in [2.05, 4.69) is 19.9 Å². The summed E-state index contributed by atoms with van der Waals surface area (Å²) in [7, 11) is 0. The van der Waals surface area contributed by atoms with Crippen molar-refractivity contribution >= 4 is 0 Å². The van der Waals surface area contributed by atoms with Crippen molar-refractivity contribution in [3.63, 3.8) is 0 Å². The van der Waals surface area contributed by atoms with Gasteiger partial charge in [0.25, 0.3) is 0 Å². The molecule has 8 heteroatoms. The van der Waals surface area contributed by atoms with E-state index in [9.17, 15) is 0 Å². The molecule has 0 bridgehead atoms. The van der Waals surface area contributed by atoms with Crippen LogP contribution in [0.25, 0.3) is 22.5 Å². The van der Waals surface area contributed by atoms with Crippen molar-refractivity contribution in [2.24, 2.45) is 0 Å². The number of aryl methyl sites for hydroxylation is 2. The Bertz CT molecular complexity index is 1180. The van der Waals surface area contributed by atoms with E-state index in [1.807, 2.05) is 50.3 Å². The van der Waals surface area contributed by atoms with Gasteiger partial charge >= 0.3 is 0 Å². The molecule has 0 radical (unpaired) electrons. The number of nitriles is 4. The van der Waals surface area contributed by atoms with E-state index in [0.717, 1.165) is 22.3 Å². The molecule has 1 aromatic carbocycles. The van der Waals surface area contributed by atoms with E-state index in [-0.39, 0.29) is 22.8 Å². The molecule has 2 aromatic heterocycles. The molecule has 0 N–H and O–H groups in total. The summed E-state index contributed by atoms with van der Waals surface area (Å²) >= 11 is 0. The zero-order valence-corrected chi connectivity index (χ0v) is 14.9. The summed E-state index contributed by atoms with van der Waals surface area (Å²) in [6.45, 7) is 3.74. The Hall–Kier alpha value is -4.66. The molecule has 0 amide bonds. The third kappa shape index (κ3) is 3.10. The summed E-state index contributed by atoms with van der Waals surface area (Å²) in [6.07, 6.45) is 2.91. The van der Waals surface area contributed by atoms with Gasteiger partial charge in [-0.05, 0) is 37.1 Å². The lowest BCUT2D eigenvalue weighted by atomic mass is 9.96. The Labute approximate surface area is 160 Å². The number of hydrogen-bond acceptors (Lipinski definition) is 8. The van der Waals surface area contributed by atoms with E-state index in [0.29, 0.717) is 11.4 Å². The van der Waals surface area contributed by atoms with Crippen LogP contribution in [0, 0.1) is 59.2 Å². The molecule has 0 spiro atoms. The molecule has 0 saturated heterocycles. The van der Waals surface area contributed by atoms with E-state index in [4.69, 9.17) is 21.0 Å². The highest BCUT2D eigenvalue weighted by Crippen LogP contribution is 2.30. The largest absolute Gasteiger partial charge is 0.240 e. The fourth-order valence-electron chi connectivity index (χ4n) is 2.73. The molecule has 0 atom stereocenters. The molecule has 0 aliphatic rings. The quantitative estimate of drug-likeness (QED) is 0.676. The lowest BCUT2D eigenvalue weighted by molar-refractivity contribution is 1.12. The highest BCUT2D eigenvalue weighted by Gasteiger charge is 2.15. The van der Waals surface area contributed by atoms with Crippen molar-refractivity contribution in [1.29, 1.82) is 21.0 Å². The van der Waals surface area contributed by atoms with Crippen molar-refractivity contribution in [2.45, 2.75) is 13.8 Å². The van der Waals surface area contributed by atoms with Crippen LogP contribution in [0.2, 0.25) is 0 Å². The van der Waals surface area contributed by atoms with E-state index in [1.54, 1.807) is 0 Å². The molecule has 3 rings (SSSR count). The summed E-state index contributed by atoms with van der Waals surface area (Å²) in [5.74, 6) is 0. The van der Waals surface area contributed by atoms with Gasteiger partial charge in [-0.1, -0.05) is 0 Å². The SMILES string of the molecule is Cc1cc(-c2cnc(C#N)c(C#N)n2)c(C)cc1-c1cnc(C#N)c(C#N)n1. The molecule has 0 unspecified atom stereocenters. The standard InChI is InChI=1S/C20H10N8/c1-11-3-14(20-10-26-16(6-22)18(8-24)28-20)12(2)4-13(11)19-9-25-15(5-21)17(7-23)27-19/h3-4,9-10H,1-2H3. The van der Waals surface area contributed by atoms with Crippen LogP contribution in [-0.4, -0.2) is 19.9 Å². The van der Waals surface area contributed by atoms with Crippen molar-refractivity contribution < 1.29 is 0 Å². The first kappa shape index (κ1) is 18.1. The Balaban J connectivity index is 2.13. The maximum atomic E-state index is 9.16. The molecule has 0 fully saturated rings. The number of rotatable bonds is 2. The topological polar surface area (TPSA) is 147 Å². The monoisotopic (exact) mass is 362 g/mol. The zero-order chi connectivity index (χ0) is 20.3.